The highest BCUT2D eigenvalue weighted by atomic mass is 19.3. The van der Waals surface area contributed by atoms with E-state index >= 15 is 0 Å². The van der Waals surface area contributed by atoms with Crippen LogP contribution in [-0.2, 0) is 0 Å². The van der Waals surface area contributed by atoms with Crippen molar-refractivity contribution in [2.45, 2.75) is 50.2 Å². The first-order valence-corrected chi connectivity index (χ1v) is 6.31. The number of rotatable bonds is 2. The predicted molar refractivity (Wildman–Crippen MR) is 63.1 cm³/mol. The molecule has 2 aliphatic rings. The third kappa shape index (κ3) is 1.77. The fourth-order valence-corrected chi connectivity index (χ4v) is 3.23. The minimum atomic E-state index is -2.48. The fraction of sp³-hybridized carbons (Fsp3) is 0.571. The van der Waals surface area contributed by atoms with E-state index in [4.69, 9.17) is 0 Å². The summed E-state index contributed by atoms with van der Waals surface area (Å²) < 4.78 is 27.4. The molecule has 92 valence electrons. The molecule has 0 spiro atoms. The van der Waals surface area contributed by atoms with Crippen molar-refractivity contribution in [1.29, 1.82) is 0 Å². The van der Waals surface area contributed by atoms with Crippen LogP contribution in [0.4, 0.5) is 8.78 Å². The van der Waals surface area contributed by atoms with E-state index < -0.39 is 12.0 Å². The number of benzene rings is 1. The van der Waals surface area contributed by atoms with Gasteiger partial charge in [0.15, 0.2) is 0 Å². The van der Waals surface area contributed by atoms with Crippen LogP contribution in [0.15, 0.2) is 30.3 Å². The first-order valence-electron chi connectivity index (χ1n) is 6.31. The second-order valence-corrected chi connectivity index (χ2v) is 5.20. The van der Waals surface area contributed by atoms with Gasteiger partial charge in [0, 0.05) is 18.5 Å². The van der Waals surface area contributed by atoms with E-state index in [1.165, 1.54) is 0 Å². The van der Waals surface area contributed by atoms with E-state index in [0.717, 1.165) is 12.0 Å². The van der Waals surface area contributed by atoms with Crippen LogP contribution in [0.3, 0.4) is 0 Å². The molecule has 3 heteroatoms. The molecule has 0 radical (unpaired) electrons. The monoisotopic (exact) mass is 237 g/mol. The standard InChI is InChI=1S/C14H17F2N/c1-10(11-6-3-2-4-7-11)17-12-8-5-9-14(15,16)13(12)17/h2-4,6-7,10,12-13H,5,8-9H2,1H3/t10-,12?,13?,17?/m1/s1. The molecule has 1 aromatic rings. The van der Waals surface area contributed by atoms with Crippen molar-refractivity contribution in [3.63, 3.8) is 0 Å². The number of halogens is 2. The van der Waals surface area contributed by atoms with Crippen LogP contribution < -0.4 is 0 Å². The zero-order chi connectivity index (χ0) is 12.0. The largest absolute Gasteiger partial charge is 0.282 e. The van der Waals surface area contributed by atoms with Crippen molar-refractivity contribution < 1.29 is 8.78 Å². The van der Waals surface area contributed by atoms with Gasteiger partial charge in [-0.2, -0.15) is 0 Å². The number of fused-ring (bicyclic) bond motifs is 1. The molecule has 1 saturated carbocycles. The van der Waals surface area contributed by atoms with Crippen LogP contribution in [0.25, 0.3) is 0 Å². The summed E-state index contributed by atoms with van der Waals surface area (Å²) in [6.45, 7) is 2.03. The van der Waals surface area contributed by atoms with E-state index in [9.17, 15) is 8.78 Å². The molecule has 3 unspecified atom stereocenters. The Hall–Kier alpha value is -0.960. The van der Waals surface area contributed by atoms with E-state index in [1.807, 2.05) is 42.2 Å². The molecule has 0 bridgehead atoms. The van der Waals surface area contributed by atoms with Gasteiger partial charge in [0.05, 0.1) is 6.04 Å². The van der Waals surface area contributed by atoms with Crippen molar-refractivity contribution in [3.05, 3.63) is 35.9 Å². The molecule has 17 heavy (non-hydrogen) atoms. The molecule has 0 N–H and O–H groups in total. The molecular weight excluding hydrogens is 220 g/mol. The normalized spacial score (nSPS) is 36.1. The van der Waals surface area contributed by atoms with Crippen LogP contribution in [0.1, 0.15) is 37.8 Å². The summed E-state index contributed by atoms with van der Waals surface area (Å²) in [5.41, 5.74) is 1.14. The smallest absolute Gasteiger partial charge is 0.264 e. The number of hydrogen-bond acceptors (Lipinski definition) is 1. The van der Waals surface area contributed by atoms with Gasteiger partial charge in [0.2, 0.25) is 0 Å². The molecule has 0 aromatic heterocycles. The predicted octanol–water partition coefficient (Wildman–Crippen LogP) is 3.62. The minimum Gasteiger partial charge on any atom is -0.282 e. The van der Waals surface area contributed by atoms with Gasteiger partial charge >= 0.3 is 0 Å². The van der Waals surface area contributed by atoms with Gasteiger partial charge in [0.25, 0.3) is 5.92 Å². The number of nitrogens with zero attached hydrogens (tertiary/aromatic N) is 1. The highest BCUT2D eigenvalue weighted by molar-refractivity contribution is 5.24. The molecule has 1 heterocycles. The lowest BCUT2D eigenvalue weighted by atomic mass is 9.97. The number of alkyl halides is 2. The van der Waals surface area contributed by atoms with Crippen LogP contribution in [0.2, 0.25) is 0 Å². The van der Waals surface area contributed by atoms with Crippen molar-refractivity contribution in [1.82, 2.24) is 4.90 Å². The lowest BCUT2D eigenvalue weighted by Crippen LogP contribution is -2.30. The van der Waals surface area contributed by atoms with E-state index in [2.05, 4.69) is 0 Å². The van der Waals surface area contributed by atoms with Crippen molar-refractivity contribution in [2.24, 2.45) is 0 Å². The SMILES string of the molecule is C[C@H](c1ccccc1)N1C2CCCC(F)(F)C21. The van der Waals surface area contributed by atoms with Gasteiger partial charge in [0.1, 0.15) is 0 Å². The van der Waals surface area contributed by atoms with Crippen molar-refractivity contribution in [2.75, 3.05) is 0 Å². The van der Waals surface area contributed by atoms with Gasteiger partial charge in [-0.3, -0.25) is 4.90 Å². The summed E-state index contributed by atoms with van der Waals surface area (Å²) in [4.78, 5) is 1.99. The van der Waals surface area contributed by atoms with Crippen molar-refractivity contribution >= 4 is 0 Å². The Labute approximate surface area is 100 Å². The van der Waals surface area contributed by atoms with E-state index in [1.54, 1.807) is 0 Å². The molecular formula is C14H17F2N. The summed E-state index contributed by atoms with van der Waals surface area (Å²) in [6, 6.07) is 9.64. The zero-order valence-corrected chi connectivity index (χ0v) is 9.94. The molecule has 1 saturated heterocycles. The summed E-state index contributed by atoms with van der Waals surface area (Å²) in [7, 11) is 0. The Balaban J connectivity index is 1.79. The van der Waals surface area contributed by atoms with Crippen LogP contribution in [0.5, 0.6) is 0 Å². The second-order valence-electron chi connectivity index (χ2n) is 5.20. The highest BCUT2D eigenvalue weighted by Gasteiger charge is 2.64. The van der Waals surface area contributed by atoms with Crippen molar-refractivity contribution in [3.8, 4) is 0 Å². The van der Waals surface area contributed by atoms with Gasteiger partial charge in [-0.15, -0.1) is 0 Å². The summed E-state index contributed by atoms with van der Waals surface area (Å²) in [5, 5.41) is 0. The van der Waals surface area contributed by atoms with Gasteiger partial charge in [-0.1, -0.05) is 30.3 Å². The zero-order valence-electron chi connectivity index (χ0n) is 9.94. The third-order valence-corrected chi connectivity index (χ3v) is 4.15. The Morgan fingerprint density at radius 3 is 2.65 bits per heavy atom. The molecule has 1 aliphatic carbocycles. The summed E-state index contributed by atoms with van der Waals surface area (Å²) in [5.74, 6) is -2.48. The van der Waals surface area contributed by atoms with Crippen LogP contribution in [0, 0.1) is 0 Å². The maximum Gasteiger partial charge on any atom is 0.264 e. The molecule has 1 aliphatic heterocycles. The minimum absolute atomic E-state index is 0.0617. The lowest BCUT2D eigenvalue weighted by Gasteiger charge is -2.20. The lowest BCUT2D eigenvalue weighted by molar-refractivity contribution is -0.0309. The Morgan fingerprint density at radius 1 is 1.29 bits per heavy atom. The molecule has 3 rings (SSSR count). The van der Waals surface area contributed by atoms with E-state index in [0.29, 0.717) is 6.42 Å². The maximum absolute atomic E-state index is 13.7. The Morgan fingerprint density at radius 2 is 2.00 bits per heavy atom. The molecule has 4 atom stereocenters. The molecule has 1 aromatic carbocycles. The Bertz CT molecular complexity index is 404. The fourth-order valence-electron chi connectivity index (χ4n) is 3.23. The maximum atomic E-state index is 13.7. The first-order chi connectivity index (χ1) is 8.11. The highest BCUT2D eigenvalue weighted by Crippen LogP contribution is 2.53. The molecule has 0 amide bonds. The van der Waals surface area contributed by atoms with Gasteiger partial charge < -0.3 is 0 Å². The van der Waals surface area contributed by atoms with E-state index in [-0.39, 0.29) is 18.5 Å². The molecule has 1 nitrogen and oxygen atoms in total. The van der Waals surface area contributed by atoms with Crippen LogP contribution in [-0.4, -0.2) is 22.9 Å². The summed E-state index contributed by atoms with van der Waals surface area (Å²) >= 11 is 0. The van der Waals surface area contributed by atoms with Gasteiger partial charge in [-0.25, -0.2) is 8.78 Å². The van der Waals surface area contributed by atoms with Crippen LogP contribution >= 0.6 is 0 Å². The quantitative estimate of drug-likeness (QED) is 0.710. The number of likely N-dealkylation sites (tertiary alicyclic amines) is 1. The van der Waals surface area contributed by atoms with Gasteiger partial charge in [-0.05, 0) is 25.3 Å². The average Bonchev–Trinajstić information content (AvgIpc) is 3.05. The summed E-state index contributed by atoms with van der Waals surface area (Å²) in [6.07, 6.45) is 1.65. The third-order valence-electron chi connectivity index (χ3n) is 4.15. The Kier molecular flexibility index (Phi) is 2.47. The average molecular weight is 237 g/mol. The topological polar surface area (TPSA) is 3.01 Å². The number of hydrogen-bond donors (Lipinski definition) is 0. The first kappa shape index (κ1) is 11.1. The molecule has 2 fully saturated rings. The second kappa shape index (κ2) is 3.77.